The highest BCUT2D eigenvalue weighted by molar-refractivity contribution is 7.98. The van der Waals surface area contributed by atoms with Crippen LogP contribution in [-0.2, 0) is 5.75 Å². The summed E-state index contributed by atoms with van der Waals surface area (Å²) >= 11 is 8.94. The Kier molecular flexibility index (Phi) is 2.65. The first-order chi connectivity index (χ1) is 8.15. The lowest BCUT2D eigenvalue weighted by atomic mass is 10.1. The third kappa shape index (κ3) is 1.86. The summed E-state index contributed by atoms with van der Waals surface area (Å²) in [5.41, 5.74) is 2.08. The van der Waals surface area contributed by atoms with Crippen LogP contribution in [-0.4, -0.2) is 5.97 Å². The summed E-state index contributed by atoms with van der Waals surface area (Å²) in [6, 6.07) is 7.42. The van der Waals surface area contributed by atoms with E-state index < -0.39 is 5.97 Å². The molecule has 0 amide bonds. The van der Waals surface area contributed by atoms with Gasteiger partial charge in [0.1, 0.15) is 0 Å². The number of thiophene rings is 1. The van der Waals surface area contributed by atoms with Crippen molar-refractivity contribution < 1.29 is 9.90 Å². The average molecular weight is 282 g/mol. The fraction of sp³-hybridized carbons (Fsp3) is 0.0833. The number of thioether (sulfide) groups is 1. The monoisotopic (exact) mass is 281 g/mol. The van der Waals surface area contributed by atoms with Crippen molar-refractivity contribution in [2.75, 3.05) is 0 Å². The molecule has 2 aromatic rings. The summed E-state index contributed by atoms with van der Waals surface area (Å²) in [4.78, 5) is 13.3. The molecule has 3 rings (SSSR count). The third-order valence-electron chi connectivity index (χ3n) is 2.58. The van der Waals surface area contributed by atoms with Crippen molar-refractivity contribution in [3.8, 4) is 10.4 Å². The summed E-state index contributed by atoms with van der Waals surface area (Å²) < 4.78 is 0. The first-order valence-corrected chi connectivity index (χ1v) is 7.10. The maximum absolute atomic E-state index is 10.9. The number of hydrogen-bond acceptors (Lipinski definition) is 4. The molecule has 0 aliphatic carbocycles. The van der Waals surface area contributed by atoms with Crippen molar-refractivity contribution in [3.63, 3.8) is 0 Å². The molecular weight excluding hydrogens is 276 g/mol. The minimum absolute atomic E-state index is 0.281. The van der Waals surface area contributed by atoms with E-state index in [1.165, 1.54) is 11.3 Å². The number of carbonyl (C=O) groups is 1. The Morgan fingerprint density at radius 1 is 1.35 bits per heavy atom. The van der Waals surface area contributed by atoms with E-state index in [0.717, 1.165) is 26.7 Å². The Bertz CT molecular complexity index is 619. The SMILES string of the molecule is O=C([O-])c1cc2c(s1)-c1cc(Cl)ccc1SC2. The number of carboxylic acids is 1. The van der Waals surface area contributed by atoms with Crippen LogP contribution in [0.1, 0.15) is 15.2 Å². The molecule has 0 saturated heterocycles. The van der Waals surface area contributed by atoms with Crippen molar-refractivity contribution in [1.29, 1.82) is 0 Å². The van der Waals surface area contributed by atoms with Crippen LogP contribution < -0.4 is 5.11 Å². The van der Waals surface area contributed by atoms with Gasteiger partial charge in [-0.1, -0.05) is 11.6 Å². The Balaban J connectivity index is 2.21. The minimum atomic E-state index is -1.11. The number of hydrogen-bond donors (Lipinski definition) is 0. The van der Waals surface area contributed by atoms with Gasteiger partial charge < -0.3 is 9.90 Å². The lowest BCUT2D eigenvalue weighted by Gasteiger charge is -2.15. The first kappa shape index (κ1) is 11.1. The fourth-order valence-electron chi connectivity index (χ4n) is 1.83. The lowest BCUT2D eigenvalue weighted by Crippen LogP contribution is -2.20. The summed E-state index contributed by atoms with van der Waals surface area (Å²) in [6.45, 7) is 0. The highest BCUT2D eigenvalue weighted by atomic mass is 35.5. The van der Waals surface area contributed by atoms with Gasteiger partial charge in [-0.25, -0.2) is 0 Å². The van der Waals surface area contributed by atoms with Gasteiger partial charge in [0.15, 0.2) is 0 Å². The van der Waals surface area contributed by atoms with Crippen molar-refractivity contribution in [2.24, 2.45) is 0 Å². The number of carboxylic acid groups (broad SMARTS) is 1. The third-order valence-corrected chi connectivity index (χ3v) is 5.13. The highest BCUT2D eigenvalue weighted by Crippen LogP contribution is 2.46. The zero-order valence-corrected chi connectivity index (χ0v) is 10.9. The second-order valence-corrected chi connectivity index (χ2v) is 6.19. The lowest BCUT2D eigenvalue weighted by molar-refractivity contribution is -0.254. The van der Waals surface area contributed by atoms with Gasteiger partial charge in [0.2, 0.25) is 0 Å². The molecule has 5 heteroatoms. The number of rotatable bonds is 1. The standard InChI is InChI=1S/C12H7ClO2S2/c13-7-1-2-9-8(4-7)11-6(5-16-9)3-10(17-11)12(14)15/h1-4H,5H2,(H,14,15)/p-1. The van der Waals surface area contributed by atoms with Crippen LogP contribution in [0, 0.1) is 0 Å². The van der Waals surface area contributed by atoms with Gasteiger partial charge in [0.25, 0.3) is 0 Å². The number of halogens is 1. The molecule has 1 aliphatic heterocycles. The molecule has 2 nitrogen and oxygen atoms in total. The van der Waals surface area contributed by atoms with E-state index in [2.05, 4.69) is 0 Å². The summed E-state index contributed by atoms with van der Waals surface area (Å²) in [5.74, 6) is -0.314. The van der Waals surface area contributed by atoms with Crippen LogP contribution in [0.15, 0.2) is 29.2 Å². The fourth-order valence-corrected chi connectivity index (χ4v) is 4.22. The largest absolute Gasteiger partial charge is 0.544 e. The van der Waals surface area contributed by atoms with Crippen LogP contribution in [0.3, 0.4) is 0 Å². The van der Waals surface area contributed by atoms with Gasteiger partial charge in [0, 0.05) is 26.1 Å². The number of benzene rings is 1. The second-order valence-electron chi connectivity index (χ2n) is 3.68. The Hall–Kier alpha value is -0.970. The molecule has 0 radical (unpaired) electrons. The summed E-state index contributed by atoms with van der Waals surface area (Å²) in [7, 11) is 0. The van der Waals surface area contributed by atoms with Gasteiger partial charge in [-0.3, -0.25) is 0 Å². The minimum Gasteiger partial charge on any atom is -0.544 e. The molecule has 0 unspecified atom stereocenters. The molecule has 0 atom stereocenters. The Labute approximate surface area is 111 Å². The van der Waals surface area contributed by atoms with Crippen LogP contribution in [0.2, 0.25) is 5.02 Å². The van der Waals surface area contributed by atoms with E-state index in [1.54, 1.807) is 17.8 Å². The Morgan fingerprint density at radius 2 is 2.18 bits per heavy atom. The summed E-state index contributed by atoms with van der Waals surface area (Å²) in [6.07, 6.45) is 0. The predicted molar refractivity (Wildman–Crippen MR) is 68.7 cm³/mol. The van der Waals surface area contributed by atoms with Crippen molar-refractivity contribution in [2.45, 2.75) is 10.6 Å². The molecule has 17 heavy (non-hydrogen) atoms. The highest BCUT2D eigenvalue weighted by Gasteiger charge is 2.20. The van der Waals surface area contributed by atoms with Gasteiger partial charge in [-0.2, -0.15) is 0 Å². The van der Waals surface area contributed by atoms with Crippen molar-refractivity contribution in [3.05, 3.63) is 39.7 Å². The normalized spacial score (nSPS) is 13.0. The predicted octanol–water partition coefficient (Wildman–Crippen LogP) is 3.04. The zero-order chi connectivity index (χ0) is 12.0. The smallest absolute Gasteiger partial charge is 0.0815 e. The quantitative estimate of drug-likeness (QED) is 0.807. The van der Waals surface area contributed by atoms with Gasteiger partial charge in [-0.15, -0.1) is 23.1 Å². The molecule has 0 fully saturated rings. The van der Waals surface area contributed by atoms with Crippen LogP contribution >= 0.6 is 34.7 Å². The van der Waals surface area contributed by atoms with Crippen molar-refractivity contribution in [1.82, 2.24) is 0 Å². The molecule has 1 aromatic heterocycles. The molecule has 1 aliphatic rings. The topological polar surface area (TPSA) is 40.1 Å². The van der Waals surface area contributed by atoms with Crippen LogP contribution in [0.5, 0.6) is 0 Å². The molecule has 0 saturated carbocycles. The van der Waals surface area contributed by atoms with E-state index in [0.29, 0.717) is 5.02 Å². The van der Waals surface area contributed by atoms with Crippen molar-refractivity contribution >= 4 is 40.7 Å². The Morgan fingerprint density at radius 3 is 2.94 bits per heavy atom. The van der Waals surface area contributed by atoms with Crippen LogP contribution in [0.4, 0.5) is 0 Å². The number of carbonyl (C=O) groups excluding carboxylic acids is 1. The summed E-state index contributed by atoms with van der Waals surface area (Å²) in [5, 5.41) is 11.5. The molecule has 2 heterocycles. The second kappa shape index (κ2) is 4.05. The van der Waals surface area contributed by atoms with E-state index in [4.69, 9.17) is 11.6 Å². The van der Waals surface area contributed by atoms with E-state index in [9.17, 15) is 9.90 Å². The van der Waals surface area contributed by atoms with E-state index in [-0.39, 0.29) is 4.88 Å². The van der Waals surface area contributed by atoms with E-state index in [1.807, 2.05) is 18.2 Å². The first-order valence-electron chi connectivity index (χ1n) is 4.92. The number of aromatic carboxylic acids is 1. The van der Waals surface area contributed by atoms with Gasteiger partial charge in [0.05, 0.1) is 10.8 Å². The molecular formula is C12H6ClO2S2-. The average Bonchev–Trinajstić information content (AvgIpc) is 2.73. The van der Waals surface area contributed by atoms with E-state index >= 15 is 0 Å². The molecule has 1 aromatic carbocycles. The zero-order valence-electron chi connectivity index (χ0n) is 8.53. The molecule has 0 bridgehead atoms. The molecule has 0 spiro atoms. The maximum atomic E-state index is 10.9. The number of fused-ring (bicyclic) bond motifs is 3. The van der Waals surface area contributed by atoms with Gasteiger partial charge >= 0.3 is 0 Å². The van der Waals surface area contributed by atoms with Gasteiger partial charge in [-0.05, 0) is 29.8 Å². The molecule has 86 valence electrons. The maximum Gasteiger partial charge on any atom is 0.0815 e. The molecule has 0 N–H and O–H groups in total. The van der Waals surface area contributed by atoms with Crippen LogP contribution in [0.25, 0.3) is 10.4 Å².